The summed E-state index contributed by atoms with van der Waals surface area (Å²) in [5, 5.41) is 0. The molecule has 0 aliphatic carbocycles. The topological polar surface area (TPSA) is 56.9 Å². The number of carbonyl (C=O) groups excluding carboxylic acids is 1. The van der Waals surface area contributed by atoms with Crippen molar-refractivity contribution < 1.29 is 48.2 Å². The monoisotopic (exact) mass is 342 g/mol. The summed E-state index contributed by atoms with van der Waals surface area (Å²) in [5.41, 5.74) is 0. The first kappa shape index (κ1) is 36.1. The van der Waals surface area contributed by atoms with Crippen LogP contribution in [0.15, 0.2) is 60.7 Å². The van der Waals surface area contributed by atoms with Crippen molar-refractivity contribution in [3.8, 4) is 0 Å². The number of hydrogen-bond donors (Lipinski definition) is 0. The molecule has 0 heterocycles. The van der Waals surface area contributed by atoms with Gasteiger partial charge in [-0.15, -0.1) is 0 Å². The van der Waals surface area contributed by atoms with Gasteiger partial charge in [0.25, 0.3) is 0 Å². The van der Waals surface area contributed by atoms with Crippen LogP contribution in [0.1, 0.15) is 0 Å². The van der Waals surface area contributed by atoms with Crippen molar-refractivity contribution in [1.29, 1.82) is 0 Å². The van der Waals surface area contributed by atoms with Gasteiger partial charge in [-0.05, 0) is 0 Å². The fourth-order valence-corrected chi connectivity index (χ4v) is 0.642. The Bertz CT molecular complexity index is 233. The smallest absolute Gasteiger partial charge is 0.545 e. The average molecular weight is 342 g/mol. The first-order valence-corrected chi connectivity index (χ1v) is 3.98. The summed E-state index contributed by atoms with van der Waals surface area (Å²) in [6.45, 7) is 12.2. The van der Waals surface area contributed by atoms with Crippen molar-refractivity contribution in [2.75, 3.05) is 0 Å². The predicted octanol–water partition coefficient (Wildman–Crippen LogP) is 2.91. The van der Waals surface area contributed by atoms with E-state index < -0.39 is 0 Å². The summed E-state index contributed by atoms with van der Waals surface area (Å²) < 4.78 is 15.0. The van der Waals surface area contributed by atoms with Crippen LogP contribution in [0.3, 0.4) is 0 Å². The molecule has 2 aromatic rings. The van der Waals surface area contributed by atoms with E-state index in [1.807, 2.05) is 60.7 Å². The maximum atomic E-state index is 7.75. The van der Waals surface area contributed by atoms with Gasteiger partial charge in [0.05, 0.1) is 0 Å². The molecule has 0 aliphatic rings. The quantitative estimate of drug-likeness (QED) is 0.314. The molecule has 0 spiro atoms. The normalized spacial score (nSPS) is 4.63. The van der Waals surface area contributed by atoms with Gasteiger partial charge in [-0.1, -0.05) is 0 Å². The zero-order valence-corrected chi connectivity index (χ0v) is 12.5. The van der Waals surface area contributed by atoms with Gasteiger partial charge in [-0.25, -0.2) is 24.3 Å². The van der Waals surface area contributed by atoms with Crippen molar-refractivity contribution in [2.24, 2.45) is 0 Å². The van der Waals surface area contributed by atoms with E-state index >= 15 is 0 Å². The Hall–Kier alpha value is -1.11. The van der Waals surface area contributed by atoms with Crippen LogP contribution < -0.4 is 0 Å². The number of rotatable bonds is 0. The fourth-order valence-electron chi connectivity index (χ4n) is 0.642. The summed E-state index contributed by atoms with van der Waals surface area (Å²) in [6.07, 6.45) is 0. The zero-order chi connectivity index (χ0) is 13.1. The van der Waals surface area contributed by atoms with Gasteiger partial charge < -0.3 is 12.2 Å². The summed E-state index contributed by atoms with van der Waals surface area (Å²) in [6, 6.07) is 20.0. The van der Waals surface area contributed by atoms with E-state index in [9.17, 15) is 0 Å². The van der Waals surface area contributed by atoms with E-state index in [1.54, 1.807) is 0 Å². The fraction of sp³-hybridized carbons (Fsp3) is 0. The largest absolute Gasteiger partial charge is 5.00 e. The van der Waals surface area contributed by atoms with E-state index in [0.29, 0.717) is 0 Å². The summed E-state index contributed by atoms with van der Waals surface area (Å²) >= 11 is 0. The summed E-state index contributed by atoms with van der Waals surface area (Å²) in [4.78, 5) is 7.75. The molecule has 0 fully saturated rings. The van der Waals surface area contributed by atoms with E-state index in [1.165, 1.54) is 0 Å². The summed E-state index contributed by atoms with van der Waals surface area (Å²) in [5.74, 6) is 0. The van der Waals surface area contributed by atoms with E-state index in [0.717, 1.165) is 0 Å². The third-order valence-corrected chi connectivity index (χ3v) is 1.11. The first-order valence-electron chi connectivity index (χ1n) is 3.98. The van der Waals surface area contributed by atoms with Crippen LogP contribution in [0.2, 0.25) is 0 Å². The van der Waals surface area contributed by atoms with E-state index in [2.05, 4.69) is 20.1 Å². The number of hydrogen-bond acceptors (Lipinski definition) is 1. The Balaban J connectivity index is -0.0000000289. The first-order chi connectivity index (χ1) is 8.00. The van der Waals surface area contributed by atoms with Gasteiger partial charge in [0.15, 0.2) is 0 Å². The zero-order valence-electron chi connectivity index (χ0n) is 10.3. The van der Waals surface area contributed by atoms with Crippen LogP contribution >= 0.6 is 0 Å². The minimum atomic E-state index is 0. The second-order valence-corrected chi connectivity index (χ2v) is 1.92. The SMILES string of the molecule is [C-]#[O+].[C-]#[O+].[CH-]=O.[CH3-].[Fe+5].[Fe].c1cc[cH-]c1.c1cc[cH-]c1. The van der Waals surface area contributed by atoms with Gasteiger partial charge >= 0.3 is 39.7 Å². The van der Waals surface area contributed by atoms with Crippen molar-refractivity contribution in [3.63, 3.8) is 0 Å². The van der Waals surface area contributed by atoms with Gasteiger partial charge in [-0.2, -0.15) is 36.4 Å². The Kier molecular flexibility index (Phi) is 103. The third kappa shape index (κ3) is 47.4. The van der Waals surface area contributed by atoms with E-state index in [4.69, 9.17) is 14.1 Å². The molecule has 0 aliphatic heterocycles. The molecule has 103 valence electrons. The van der Waals surface area contributed by atoms with E-state index in [-0.39, 0.29) is 41.6 Å². The molecule has 0 bridgehead atoms. The molecule has 0 unspecified atom stereocenters. The molecule has 2 aromatic carbocycles. The van der Waals surface area contributed by atoms with Crippen LogP contribution in [-0.4, -0.2) is 6.79 Å². The van der Waals surface area contributed by atoms with Crippen molar-refractivity contribution in [2.45, 2.75) is 0 Å². The Morgan fingerprint density at radius 2 is 0.895 bits per heavy atom. The van der Waals surface area contributed by atoms with Gasteiger partial charge in [-0.3, -0.25) is 6.79 Å². The third-order valence-electron chi connectivity index (χ3n) is 1.11. The molecule has 1 radical (unpaired) electrons. The average Bonchev–Trinajstić information content (AvgIpc) is 3.14. The molecule has 0 amide bonds. The van der Waals surface area contributed by atoms with Crippen LogP contribution in [0.5, 0.6) is 0 Å². The minimum absolute atomic E-state index is 0. The molecule has 0 N–H and O–H groups in total. The predicted molar refractivity (Wildman–Crippen MR) is 65.1 cm³/mol. The van der Waals surface area contributed by atoms with Gasteiger partial charge in [0, 0.05) is 17.1 Å². The van der Waals surface area contributed by atoms with Crippen molar-refractivity contribution in [3.05, 3.63) is 81.4 Å². The van der Waals surface area contributed by atoms with Crippen LogP contribution in [-0.2, 0) is 48.2 Å². The molecule has 0 saturated heterocycles. The molecular weight excluding hydrogens is 328 g/mol. The molecule has 5 heteroatoms. The summed E-state index contributed by atoms with van der Waals surface area (Å²) in [7, 11) is 0. The Morgan fingerprint density at radius 1 is 0.737 bits per heavy atom. The molecule has 2 rings (SSSR count). The Morgan fingerprint density at radius 3 is 0.947 bits per heavy atom. The maximum Gasteiger partial charge on any atom is 5.00 e. The van der Waals surface area contributed by atoms with Crippen LogP contribution in [0.25, 0.3) is 0 Å². The Labute approximate surface area is 136 Å². The molecule has 3 nitrogen and oxygen atoms in total. The minimum Gasteiger partial charge on any atom is -0.545 e. The second-order valence-electron chi connectivity index (χ2n) is 1.92. The molecule has 0 atom stereocenters. The standard InChI is InChI=1S/2C5H5.CHO.2CO.CH3.2Fe/c2*1-2-4-5-3-1;3*1-2;;;/h2*1-5H;1H;;;1H3;;/q3*-1;;;-1;;+5. The van der Waals surface area contributed by atoms with Crippen LogP contribution in [0.4, 0.5) is 0 Å². The molecule has 0 saturated carbocycles. The van der Waals surface area contributed by atoms with Crippen molar-refractivity contribution in [1.82, 2.24) is 0 Å². The van der Waals surface area contributed by atoms with Gasteiger partial charge in [0.2, 0.25) is 0 Å². The molecule has 19 heavy (non-hydrogen) atoms. The van der Waals surface area contributed by atoms with Gasteiger partial charge in [0.1, 0.15) is 0 Å². The molecule has 0 aromatic heterocycles. The van der Waals surface area contributed by atoms with Crippen LogP contribution in [0, 0.1) is 20.7 Å². The molecular formula is C14H14Fe2O3+. The van der Waals surface area contributed by atoms with Crippen molar-refractivity contribution >= 4 is 6.79 Å². The second kappa shape index (κ2) is 54.0. The maximum absolute atomic E-state index is 7.75.